The Hall–Kier alpha value is -1.04. The van der Waals surface area contributed by atoms with Gasteiger partial charge in [-0.15, -0.1) is 11.6 Å². The summed E-state index contributed by atoms with van der Waals surface area (Å²) < 4.78 is 12.1. The highest BCUT2D eigenvalue weighted by atomic mass is 35.5. The lowest BCUT2D eigenvalue weighted by molar-refractivity contribution is 0.00578. The van der Waals surface area contributed by atoms with Crippen LogP contribution in [0.1, 0.15) is 45.7 Å². The van der Waals surface area contributed by atoms with E-state index in [2.05, 4.69) is 64.0 Å². The second-order valence-corrected chi connectivity index (χ2v) is 8.26. The van der Waals surface area contributed by atoms with Crippen molar-refractivity contribution in [2.75, 3.05) is 0 Å². The fourth-order valence-corrected chi connectivity index (χ4v) is 3.12. The number of halogens is 1. The Morgan fingerprint density at radius 2 is 1.62 bits per heavy atom. The number of hydrogen-bond acceptors (Lipinski definition) is 4. The van der Waals surface area contributed by atoms with Gasteiger partial charge in [-0.2, -0.15) is 5.10 Å². The van der Waals surface area contributed by atoms with E-state index in [1.54, 1.807) is 6.21 Å². The van der Waals surface area contributed by atoms with Crippen LogP contribution in [-0.2, 0) is 22.2 Å². The molecule has 0 aromatic heterocycles. The van der Waals surface area contributed by atoms with E-state index in [1.165, 1.54) is 11.1 Å². The molecule has 6 heteroatoms. The Kier molecular flexibility index (Phi) is 4.71. The second kappa shape index (κ2) is 6.36. The van der Waals surface area contributed by atoms with Crippen molar-refractivity contribution in [1.82, 2.24) is 5.01 Å². The van der Waals surface area contributed by atoms with E-state index in [0.717, 1.165) is 12.9 Å². The highest BCUT2D eigenvalue weighted by Gasteiger charge is 2.50. The zero-order chi connectivity index (χ0) is 17.5. The predicted octanol–water partition coefficient (Wildman–Crippen LogP) is 3.66. The van der Waals surface area contributed by atoms with Crippen LogP contribution < -0.4 is 0 Å². The fraction of sp³-hybridized carbons (Fsp3) is 0.611. The molecule has 1 saturated heterocycles. The van der Waals surface area contributed by atoms with E-state index in [1.807, 2.05) is 5.01 Å². The maximum absolute atomic E-state index is 6.17. The zero-order valence-electron chi connectivity index (χ0n) is 15.1. The zero-order valence-corrected chi connectivity index (χ0v) is 15.9. The molecule has 2 unspecified atom stereocenters. The van der Waals surface area contributed by atoms with Gasteiger partial charge in [0.05, 0.1) is 29.2 Å². The van der Waals surface area contributed by atoms with Crippen molar-refractivity contribution in [1.29, 1.82) is 0 Å². The SMILES string of the molecule is CC1C(Cl)C=NN1Cc1ccc(CB2OC(C)(C)C(C)(C)O2)cc1. The Morgan fingerprint density at radius 1 is 1.08 bits per heavy atom. The van der Waals surface area contributed by atoms with Crippen molar-refractivity contribution in [2.24, 2.45) is 5.10 Å². The smallest absolute Gasteiger partial charge is 0.403 e. The summed E-state index contributed by atoms with van der Waals surface area (Å²) in [7, 11) is -0.193. The van der Waals surface area contributed by atoms with Gasteiger partial charge >= 0.3 is 7.12 Å². The number of hydrazone groups is 1. The molecular weight excluding hydrogens is 322 g/mol. The molecule has 0 aliphatic carbocycles. The first-order valence-corrected chi connectivity index (χ1v) is 9.00. The van der Waals surface area contributed by atoms with Crippen LogP contribution in [0, 0.1) is 0 Å². The summed E-state index contributed by atoms with van der Waals surface area (Å²) >= 11 is 6.17. The molecular formula is C18H26BClN2O2. The lowest BCUT2D eigenvalue weighted by Crippen LogP contribution is -2.41. The minimum atomic E-state index is -0.278. The molecule has 2 heterocycles. The summed E-state index contributed by atoms with van der Waals surface area (Å²) in [5, 5.41) is 6.39. The van der Waals surface area contributed by atoms with Crippen LogP contribution in [0.15, 0.2) is 29.4 Å². The molecule has 0 amide bonds. The summed E-state index contributed by atoms with van der Waals surface area (Å²) in [4.78, 5) is 0. The minimum absolute atomic E-state index is 0.00681. The topological polar surface area (TPSA) is 34.1 Å². The molecule has 24 heavy (non-hydrogen) atoms. The molecule has 0 bridgehead atoms. The van der Waals surface area contributed by atoms with Gasteiger partial charge in [0.15, 0.2) is 0 Å². The van der Waals surface area contributed by atoms with E-state index >= 15 is 0 Å². The molecule has 130 valence electrons. The van der Waals surface area contributed by atoms with Gasteiger partial charge in [0.1, 0.15) is 0 Å². The first-order valence-electron chi connectivity index (χ1n) is 8.56. The molecule has 3 rings (SSSR count). The van der Waals surface area contributed by atoms with Crippen molar-refractivity contribution >= 4 is 24.9 Å². The maximum Gasteiger partial charge on any atom is 0.462 e. The highest BCUT2D eigenvalue weighted by Crippen LogP contribution is 2.37. The molecule has 0 spiro atoms. The van der Waals surface area contributed by atoms with Gasteiger partial charge < -0.3 is 9.31 Å². The van der Waals surface area contributed by atoms with Crippen LogP contribution in [0.5, 0.6) is 0 Å². The van der Waals surface area contributed by atoms with E-state index in [4.69, 9.17) is 20.9 Å². The molecule has 1 fully saturated rings. The summed E-state index contributed by atoms with van der Waals surface area (Å²) in [5.41, 5.74) is 1.88. The monoisotopic (exact) mass is 348 g/mol. The van der Waals surface area contributed by atoms with Crippen LogP contribution in [0.2, 0.25) is 0 Å². The van der Waals surface area contributed by atoms with Crippen LogP contribution in [0.4, 0.5) is 0 Å². The Labute approximate surface area is 150 Å². The number of hydrogen-bond donors (Lipinski definition) is 0. The van der Waals surface area contributed by atoms with E-state index in [-0.39, 0.29) is 29.7 Å². The average molecular weight is 349 g/mol. The molecule has 2 aliphatic rings. The summed E-state index contributed by atoms with van der Waals surface area (Å²) in [6.07, 6.45) is 2.56. The van der Waals surface area contributed by atoms with Crippen molar-refractivity contribution in [3.8, 4) is 0 Å². The van der Waals surface area contributed by atoms with Gasteiger partial charge in [0.2, 0.25) is 0 Å². The van der Waals surface area contributed by atoms with Gasteiger partial charge in [-0.3, -0.25) is 5.01 Å². The third kappa shape index (κ3) is 3.49. The molecule has 2 aliphatic heterocycles. The number of benzene rings is 1. The highest BCUT2D eigenvalue weighted by molar-refractivity contribution is 6.45. The standard InChI is InChI=1S/C18H26BClN2O2/c1-13-16(20)11-21-22(13)12-15-8-6-14(7-9-15)10-19-23-17(2,3)18(4,5)24-19/h6-9,11,13,16H,10,12H2,1-5H3. The average Bonchev–Trinajstić information content (AvgIpc) is 2.90. The molecule has 0 N–H and O–H groups in total. The normalized spacial score (nSPS) is 27.9. The van der Waals surface area contributed by atoms with E-state index in [9.17, 15) is 0 Å². The van der Waals surface area contributed by atoms with Gasteiger partial charge in [0.25, 0.3) is 0 Å². The van der Waals surface area contributed by atoms with Crippen LogP contribution in [-0.4, -0.2) is 41.0 Å². The maximum atomic E-state index is 6.17. The van der Waals surface area contributed by atoms with Crippen LogP contribution in [0.3, 0.4) is 0 Å². The molecule has 4 nitrogen and oxygen atoms in total. The van der Waals surface area contributed by atoms with Crippen molar-refractivity contribution in [2.45, 2.75) is 70.1 Å². The number of rotatable bonds is 4. The third-order valence-corrected chi connectivity index (χ3v) is 5.84. The molecule has 1 aromatic rings. The minimum Gasteiger partial charge on any atom is -0.403 e. The Balaban J connectivity index is 1.59. The molecule has 0 radical (unpaired) electrons. The largest absolute Gasteiger partial charge is 0.462 e. The van der Waals surface area contributed by atoms with Crippen LogP contribution >= 0.6 is 11.6 Å². The number of alkyl halides is 1. The van der Waals surface area contributed by atoms with E-state index in [0.29, 0.717) is 0 Å². The fourth-order valence-electron chi connectivity index (χ4n) is 2.94. The first kappa shape index (κ1) is 17.8. The van der Waals surface area contributed by atoms with Crippen molar-refractivity contribution < 1.29 is 9.31 Å². The molecule has 1 aromatic carbocycles. The lowest BCUT2D eigenvalue weighted by Gasteiger charge is -2.32. The van der Waals surface area contributed by atoms with E-state index < -0.39 is 0 Å². The van der Waals surface area contributed by atoms with Crippen molar-refractivity contribution in [3.05, 3.63) is 35.4 Å². The molecule has 2 atom stereocenters. The second-order valence-electron chi connectivity index (χ2n) is 7.75. The Bertz CT molecular complexity index is 602. The summed E-state index contributed by atoms with van der Waals surface area (Å²) in [6.45, 7) is 11.2. The lowest BCUT2D eigenvalue weighted by atomic mass is 9.80. The Morgan fingerprint density at radius 3 is 2.12 bits per heavy atom. The summed E-state index contributed by atoms with van der Waals surface area (Å²) in [5.74, 6) is 0. The van der Waals surface area contributed by atoms with Crippen molar-refractivity contribution in [3.63, 3.8) is 0 Å². The van der Waals surface area contributed by atoms with Gasteiger partial charge in [-0.05, 0) is 45.7 Å². The summed E-state index contributed by atoms with van der Waals surface area (Å²) in [6, 6.07) is 8.80. The third-order valence-electron chi connectivity index (χ3n) is 5.36. The number of nitrogens with zero attached hydrogens (tertiary/aromatic N) is 2. The van der Waals surface area contributed by atoms with Gasteiger partial charge in [-0.1, -0.05) is 24.3 Å². The van der Waals surface area contributed by atoms with Gasteiger partial charge in [-0.25, -0.2) is 0 Å². The predicted molar refractivity (Wildman–Crippen MR) is 99.4 cm³/mol. The molecule has 0 saturated carbocycles. The quantitative estimate of drug-likeness (QED) is 0.615. The van der Waals surface area contributed by atoms with Crippen LogP contribution in [0.25, 0.3) is 0 Å². The van der Waals surface area contributed by atoms with Gasteiger partial charge in [0, 0.05) is 12.5 Å². The first-order chi connectivity index (χ1) is 11.2.